The zero-order valence-electron chi connectivity index (χ0n) is 16.3. The van der Waals surface area contributed by atoms with Gasteiger partial charge in [0.05, 0.1) is 37.5 Å². The molecule has 0 aliphatic carbocycles. The second-order valence-corrected chi connectivity index (χ2v) is 8.17. The van der Waals surface area contributed by atoms with Gasteiger partial charge >= 0.3 is 6.01 Å². The maximum Gasteiger partial charge on any atom is 0.321 e. The van der Waals surface area contributed by atoms with Crippen LogP contribution in [0.25, 0.3) is 5.69 Å². The van der Waals surface area contributed by atoms with Crippen molar-refractivity contribution < 1.29 is 17.9 Å². The predicted molar refractivity (Wildman–Crippen MR) is 107 cm³/mol. The van der Waals surface area contributed by atoms with Crippen molar-refractivity contribution in [2.75, 3.05) is 38.3 Å². The van der Waals surface area contributed by atoms with Crippen molar-refractivity contribution in [1.82, 2.24) is 29.5 Å². The van der Waals surface area contributed by atoms with E-state index in [1.165, 1.54) is 19.2 Å². The number of nitrogens with one attached hydrogen (secondary N) is 1. The van der Waals surface area contributed by atoms with E-state index in [2.05, 4.69) is 24.8 Å². The zero-order chi connectivity index (χ0) is 21.0. The Labute approximate surface area is 173 Å². The van der Waals surface area contributed by atoms with Crippen LogP contribution < -0.4 is 14.4 Å². The second-order valence-electron chi connectivity index (χ2n) is 6.41. The van der Waals surface area contributed by atoms with Gasteiger partial charge in [0.25, 0.3) is 0 Å². The number of nitrogens with zero attached hydrogens (tertiary/aromatic N) is 6. The summed E-state index contributed by atoms with van der Waals surface area (Å²) in [5.41, 5.74) is 0.760. The summed E-state index contributed by atoms with van der Waals surface area (Å²) in [5, 5.41) is 4.12. The molecule has 0 radical (unpaired) electrons. The summed E-state index contributed by atoms with van der Waals surface area (Å²) in [6, 6.07) is 8.33. The van der Waals surface area contributed by atoms with E-state index >= 15 is 0 Å². The average Bonchev–Trinajstić information content (AvgIpc) is 3.33. The molecule has 3 aromatic rings. The number of anilines is 1. The third-order valence-corrected chi connectivity index (χ3v) is 5.88. The number of hydrogen-bond donors (Lipinski definition) is 1. The average molecular weight is 431 g/mol. The van der Waals surface area contributed by atoms with E-state index in [1.807, 2.05) is 4.90 Å². The summed E-state index contributed by atoms with van der Waals surface area (Å²) in [5.74, 6) is 0.697. The van der Waals surface area contributed by atoms with Crippen molar-refractivity contribution in [3.8, 4) is 11.7 Å². The van der Waals surface area contributed by atoms with Crippen molar-refractivity contribution in [3.63, 3.8) is 0 Å². The highest BCUT2D eigenvalue weighted by molar-refractivity contribution is 7.89. The minimum Gasteiger partial charge on any atom is -0.467 e. The molecule has 1 aromatic carbocycles. The molecule has 1 N–H and O–H groups in total. The first-order chi connectivity index (χ1) is 14.5. The molecule has 1 aliphatic heterocycles. The normalized spacial score (nSPS) is 14.6. The fourth-order valence-electron chi connectivity index (χ4n) is 2.90. The molecular formula is C18H21N7O4S. The summed E-state index contributed by atoms with van der Waals surface area (Å²) in [4.78, 5) is 14.9. The van der Waals surface area contributed by atoms with Gasteiger partial charge in [0, 0.05) is 25.5 Å². The van der Waals surface area contributed by atoms with Crippen LogP contribution in [0.1, 0.15) is 5.82 Å². The van der Waals surface area contributed by atoms with E-state index < -0.39 is 10.0 Å². The number of methoxy groups -OCH3 is 1. The summed E-state index contributed by atoms with van der Waals surface area (Å²) in [7, 11) is -2.30. The number of morpholine rings is 1. The first-order valence-corrected chi connectivity index (χ1v) is 10.7. The fourth-order valence-corrected chi connectivity index (χ4v) is 3.88. The molecule has 0 unspecified atom stereocenters. The molecule has 1 fully saturated rings. The molecule has 3 heterocycles. The Morgan fingerprint density at radius 2 is 1.90 bits per heavy atom. The molecule has 4 rings (SSSR count). The second kappa shape index (κ2) is 8.73. The van der Waals surface area contributed by atoms with E-state index in [0.29, 0.717) is 32.3 Å². The highest BCUT2D eigenvalue weighted by Crippen LogP contribution is 2.16. The van der Waals surface area contributed by atoms with Crippen LogP contribution in [0.4, 0.5) is 5.95 Å². The number of rotatable bonds is 7. The third kappa shape index (κ3) is 4.56. The van der Waals surface area contributed by atoms with Gasteiger partial charge in [-0.1, -0.05) is 0 Å². The molecule has 0 bridgehead atoms. The maximum atomic E-state index is 12.7. The lowest BCUT2D eigenvalue weighted by Crippen LogP contribution is -2.37. The van der Waals surface area contributed by atoms with Gasteiger partial charge in [0.1, 0.15) is 0 Å². The van der Waals surface area contributed by atoms with Crippen LogP contribution in [0.15, 0.2) is 47.6 Å². The van der Waals surface area contributed by atoms with Crippen LogP contribution in [-0.2, 0) is 21.3 Å². The van der Waals surface area contributed by atoms with E-state index in [1.54, 1.807) is 35.3 Å². The Morgan fingerprint density at radius 1 is 1.13 bits per heavy atom. The lowest BCUT2D eigenvalue weighted by atomic mass is 10.3. The smallest absolute Gasteiger partial charge is 0.321 e. The minimum absolute atomic E-state index is 0.0978. The first-order valence-electron chi connectivity index (χ1n) is 9.26. The molecular weight excluding hydrogens is 410 g/mol. The van der Waals surface area contributed by atoms with Gasteiger partial charge in [-0.15, -0.1) is 0 Å². The standard InChI is InChI=1S/C18H21N7O4S/c1-28-18-22-16(21-17(23-18)24-9-11-29-12-10-24)13-20-30(26,27)15-5-3-14(4-6-15)25-8-2-7-19-25/h2-8,20H,9-13H2,1H3. The number of ether oxygens (including phenoxy) is 2. The molecule has 11 nitrogen and oxygen atoms in total. The van der Waals surface area contributed by atoms with E-state index in [4.69, 9.17) is 9.47 Å². The molecule has 0 atom stereocenters. The Balaban J connectivity index is 1.49. The van der Waals surface area contributed by atoms with Crippen LogP contribution in [0.2, 0.25) is 0 Å². The van der Waals surface area contributed by atoms with Crippen LogP contribution >= 0.6 is 0 Å². The Bertz CT molecular complexity index is 1080. The number of sulfonamides is 1. The Hall–Kier alpha value is -3.09. The summed E-state index contributed by atoms with van der Waals surface area (Å²) >= 11 is 0. The molecule has 2 aromatic heterocycles. The van der Waals surface area contributed by atoms with Gasteiger partial charge in [0.2, 0.25) is 16.0 Å². The topological polar surface area (TPSA) is 124 Å². The van der Waals surface area contributed by atoms with Gasteiger partial charge in [-0.05, 0) is 30.3 Å². The fraction of sp³-hybridized carbons (Fsp3) is 0.333. The van der Waals surface area contributed by atoms with E-state index in [0.717, 1.165) is 5.69 Å². The van der Waals surface area contributed by atoms with Gasteiger partial charge < -0.3 is 14.4 Å². The molecule has 1 aliphatic rings. The van der Waals surface area contributed by atoms with Gasteiger partial charge in [-0.25, -0.2) is 17.8 Å². The molecule has 0 amide bonds. The lowest BCUT2D eigenvalue weighted by Gasteiger charge is -2.26. The van der Waals surface area contributed by atoms with Crippen molar-refractivity contribution in [1.29, 1.82) is 0 Å². The van der Waals surface area contributed by atoms with Crippen LogP contribution in [-0.4, -0.2) is 66.6 Å². The Kier molecular flexibility index (Phi) is 5.88. The summed E-state index contributed by atoms with van der Waals surface area (Å²) in [6.07, 6.45) is 3.43. The SMILES string of the molecule is COc1nc(CNS(=O)(=O)c2ccc(-n3cccn3)cc2)nc(N2CCOCC2)n1. The van der Waals surface area contributed by atoms with Crippen LogP contribution in [0.5, 0.6) is 6.01 Å². The lowest BCUT2D eigenvalue weighted by molar-refractivity contribution is 0.122. The molecule has 158 valence electrons. The summed E-state index contributed by atoms with van der Waals surface area (Å²) < 4.78 is 40.0. The van der Waals surface area contributed by atoms with Gasteiger partial charge in [0.15, 0.2) is 5.82 Å². The van der Waals surface area contributed by atoms with Crippen molar-refractivity contribution in [2.24, 2.45) is 0 Å². The number of aromatic nitrogens is 5. The summed E-state index contributed by atoms with van der Waals surface area (Å²) in [6.45, 7) is 2.33. The zero-order valence-corrected chi connectivity index (χ0v) is 17.1. The van der Waals surface area contributed by atoms with Crippen LogP contribution in [0, 0.1) is 0 Å². The van der Waals surface area contributed by atoms with Gasteiger partial charge in [-0.3, -0.25) is 0 Å². The molecule has 1 saturated heterocycles. The minimum atomic E-state index is -3.76. The molecule has 0 saturated carbocycles. The van der Waals surface area contributed by atoms with E-state index in [-0.39, 0.29) is 23.3 Å². The number of benzene rings is 1. The highest BCUT2D eigenvalue weighted by Gasteiger charge is 2.19. The van der Waals surface area contributed by atoms with Gasteiger partial charge in [-0.2, -0.15) is 20.1 Å². The number of hydrogen-bond acceptors (Lipinski definition) is 9. The Morgan fingerprint density at radius 3 is 2.57 bits per heavy atom. The molecule has 12 heteroatoms. The van der Waals surface area contributed by atoms with E-state index in [9.17, 15) is 8.42 Å². The monoisotopic (exact) mass is 431 g/mol. The first kappa shape index (κ1) is 20.2. The molecule has 0 spiro atoms. The van der Waals surface area contributed by atoms with Crippen LogP contribution in [0.3, 0.4) is 0 Å². The predicted octanol–water partition coefficient (Wildman–Crippen LogP) is 0.381. The van der Waals surface area contributed by atoms with Crippen molar-refractivity contribution >= 4 is 16.0 Å². The van der Waals surface area contributed by atoms with Crippen molar-refractivity contribution in [3.05, 3.63) is 48.5 Å². The largest absolute Gasteiger partial charge is 0.467 e. The van der Waals surface area contributed by atoms with Crippen molar-refractivity contribution in [2.45, 2.75) is 11.4 Å². The molecule has 30 heavy (non-hydrogen) atoms. The maximum absolute atomic E-state index is 12.7. The highest BCUT2D eigenvalue weighted by atomic mass is 32.2. The quantitative estimate of drug-likeness (QED) is 0.565. The third-order valence-electron chi connectivity index (χ3n) is 4.46.